The predicted octanol–water partition coefficient (Wildman–Crippen LogP) is 1.06. The molecule has 2 aliphatic rings. The minimum Gasteiger partial charge on any atom is -0.379 e. The molecule has 0 spiro atoms. The summed E-state index contributed by atoms with van der Waals surface area (Å²) < 4.78 is 10.3. The highest BCUT2D eigenvalue weighted by molar-refractivity contribution is 5.76. The lowest BCUT2D eigenvalue weighted by atomic mass is 10.1. The van der Waals surface area contributed by atoms with Crippen molar-refractivity contribution >= 4 is 5.91 Å². The first-order valence-corrected chi connectivity index (χ1v) is 7.76. The van der Waals surface area contributed by atoms with Gasteiger partial charge in [-0.1, -0.05) is 5.16 Å². The monoisotopic (exact) mass is 293 g/mol. The zero-order valence-electron chi connectivity index (χ0n) is 12.6. The van der Waals surface area contributed by atoms with Crippen LogP contribution in [0.15, 0.2) is 10.8 Å². The summed E-state index contributed by atoms with van der Waals surface area (Å²) in [7, 11) is 0. The van der Waals surface area contributed by atoms with Crippen LogP contribution >= 0.6 is 0 Å². The first kappa shape index (κ1) is 14.5. The maximum atomic E-state index is 12.3. The average Bonchev–Trinajstić information content (AvgIpc) is 3.00. The van der Waals surface area contributed by atoms with Gasteiger partial charge in [-0.15, -0.1) is 0 Å². The van der Waals surface area contributed by atoms with Crippen molar-refractivity contribution in [3.63, 3.8) is 0 Å². The SMILES string of the molecule is C[C@H](CCC(=O)N1CCc2nocc2C1)N1CCOCC1. The second-order valence-corrected chi connectivity index (χ2v) is 5.89. The summed E-state index contributed by atoms with van der Waals surface area (Å²) in [5.74, 6) is 0.238. The first-order chi connectivity index (χ1) is 10.2. The van der Waals surface area contributed by atoms with Crippen LogP contribution in [0.5, 0.6) is 0 Å². The minimum absolute atomic E-state index is 0.238. The van der Waals surface area contributed by atoms with E-state index in [1.54, 1.807) is 6.26 Å². The molecule has 0 saturated carbocycles. The molecule has 1 atom stereocenters. The summed E-state index contributed by atoms with van der Waals surface area (Å²) >= 11 is 0. The zero-order valence-corrected chi connectivity index (χ0v) is 12.6. The second kappa shape index (κ2) is 6.58. The number of rotatable bonds is 4. The maximum Gasteiger partial charge on any atom is 0.222 e. The van der Waals surface area contributed by atoms with Crippen molar-refractivity contribution in [2.45, 2.75) is 38.8 Å². The Balaban J connectivity index is 1.46. The molecule has 0 N–H and O–H groups in total. The molecule has 0 bridgehead atoms. The summed E-state index contributed by atoms with van der Waals surface area (Å²) in [5.41, 5.74) is 2.05. The Hall–Kier alpha value is -1.40. The van der Waals surface area contributed by atoms with Crippen LogP contribution in [0.2, 0.25) is 0 Å². The van der Waals surface area contributed by atoms with E-state index in [1.165, 1.54) is 0 Å². The largest absolute Gasteiger partial charge is 0.379 e. The van der Waals surface area contributed by atoms with Crippen molar-refractivity contribution in [1.82, 2.24) is 15.0 Å². The van der Waals surface area contributed by atoms with Gasteiger partial charge in [0, 0.05) is 44.1 Å². The molecule has 6 nitrogen and oxygen atoms in total. The van der Waals surface area contributed by atoms with Gasteiger partial charge in [0.15, 0.2) is 0 Å². The fourth-order valence-electron chi connectivity index (χ4n) is 3.04. The molecule has 0 unspecified atom stereocenters. The van der Waals surface area contributed by atoms with Crippen LogP contribution in [-0.2, 0) is 22.5 Å². The molecular weight excluding hydrogens is 270 g/mol. The molecule has 21 heavy (non-hydrogen) atoms. The third-order valence-electron chi connectivity index (χ3n) is 4.51. The van der Waals surface area contributed by atoms with E-state index >= 15 is 0 Å². The second-order valence-electron chi connectivity index (χ2n) is 5.89. The van der Waals surface area contributed by atoms with Gasteiger partial charge < -0.3 is 14.2 Å². The van der Waals surface area contributed by atoms with Gasteiger partial charge in [-0.25, -0.2) is 0 Å². The number of carbonyl (C=O) groups excluding carboxylic acids is 1. The summed E-state index contributed by atoms with van der Waals surface area (Å²) in [4.78, 5) is 16.7. The molecule has 1 saturated heterocycles. The highest BCUT2D eigenvalue weighted by atomic mass is 16.5. The van der Waals surface area contributed by atoms with Crippen molar-refractivity contribution in [1.29, 1.82) is 0 Å². The minimum atomic E-state index is 0.238. The molecule has 116 valence electrons. The highest BCUT2D eigenvalue weighted by Gasteiger charge is 2.24. The van der Waals surface area contributed by atoms with E-state index in [-0.39, 0.29) is 5.91 Å². The Labute approximate surface area is 125 Å². The molecule has 1 fully saturated rings. The Bertz CT molecular complexity index is 482. The molecule has 3 rings (SSSR count). The van der Waals surface area contributed by atoms with Crippen molar-refractivity contribution < 1.29 is 14.1 Å². The van der Waals surface area contributed by atoms with Gasteiger partial charge in [-0.3, -0.25) is 9.69 Å². The quantitative estimate of drug-likeness (QED) is 0.831. The molecule has 0 radical (unpaired) electrons. The van der Waals surface area contributed by atoms with Crippen molar-refractivity contribution in [2.75, 3.05) is 32.8 Å². The molecule has 3 heterocycles. The smallest absolute Gasteiger partial charge is 0.222 e. The van der Waals surface area contributed by atoms with E-state index in [4.69, 9.17) is 9.26 Å². The van der Waals surface area contributed by atoms with Crippen LogP contribution in [-0.4, -0.2) is 59.8 Å². The fourth-order valence-corrected chi connectivity index (χ4v) is 3.04. The number of ether oxygens (including phenoxy) is 1. The average molecular weight is 293 g/mol. The lowest BCUT2D eigenvalue weighted by Gasteiger charge is -2.33. The molecule has 1 amide bonds. The molecule has 0 aliphatic carbocycles. The summed E-state index contributed by atoms with van der Waals surface area (Å²) in [6.45, 7) is 7.16. The van der Waals surface area contributed by atoms with Crippen LogP contribution in [0, 0.1) is 0 Å². The predicted molar refractivity (Wildman–Crippen MR) is 76.7 cm³/mol. The number of aromatic nitrogens is 1. The van der Waals surface area contributed by atoms with Crippen molar-refractivity contribution in [3.8, 4) is 0 Å². The van der Waals surface area contributed by atoms with E-state index in [0.717, 1.165) is 56.9 Å². The van der Waals surface area contributed by atoms with Crippen LogP contribution in [0.25, 0.3) is 0 Å². The number of amides is 1. The molecule has 2 aliphatic heterocycles. The van der Waals surface area contributed by atoms with Gasteiger partial charge in [0.2, 0.25) is 5.91 Å². The zero-order chi connectivity index (χ0) is 14.7. The van der Waals surface area contributed by atoms with Crippen molar-refractivity contribution in [3.05, 3.63) is 17.5 Å². The van der Waals surface area contributed by atoms with Gasteiger partial charge in [-0.2, -0.15) is 0 Å². The Kier molecular flexibility index (Phi) is 4.55. The van der Waals surface area contributed by atoms with E-state index in [2.05, 4.69) is 17.0 Å². The van der Waals surface area contributed by atoms with Crippen LogP contribution in [0.4, 0.5) is 0 Å². The van der Waals surface area contributed by atoms with Crippen LogP contribution in [0.1, 0.15) is 31.0 Å². The standard InChI is InChI=1S/C15H23N3O3/c1-12(17-6-8-20-9-7-17)2-3-15(19)18-5-4-14-13(10-18)11-21-16-14/h11-12H,2-10H2,1H3/t12-/m1/s1. The highest BCUT2D eigenvalue weighted by Crippen LogP contribution is 2.19. The number of morpholine rings is 1. The van der Waals surface area contributed by atoms with Crippen LogP contribution < -0.4 is 0 Å². The van der Waals surface area contributed by atoms with Gasteiger partial charge in [0.05, 0.1) is 25.5 Å². The Morgan fingerprint density at radius 1 is 1.38 bits per heavy atom. The molecule has 0 aromatic carbocycles. The van der Waals surface area contributed by atoms with Crippen molar-refractivity contribution in [2.24, 2.45) is 0 Å². The van der Waals surface area contributed by atoms with Gasteiger partial charge in [-0.05, 0) is 13.3 Å². The van der Waals surface area contributed by atoms with E-state index in [1.807, 2.05) is 4.90 Å². The fraction of sp³-hybridized carbons (Fsp3) is 0.733. The molecule has 1 aromatic heterocycles. The number of hydrogen-bond acceptors (Lipinski definition) is 5. The summed E-state index contributed by atoms with van der Waals surface area (Å²) in [6.07, 6.45) is 3.98. The Morgan fingerprint density at radius 3 is 3.00 bits per heavy atom. The lowest BCUT2D eigenvalue weighted by molar-refractivity contribution is -0.132. The number of hydrogen-bond donors (Lipinski definition) is 0. The number of fused-ring (bicyclic) bond motifs is 1. The topological polar surface area (TPSA) is 58.8 Å². The van der Waals surface area contributed by atoms with Gasteiger partial charge in [0.1, 0.15) is 6.26 Å². The third-order valence-corrected chi connectivity index (χ3v) is 4.51. The molecule has 1 aromatic rings. The summed E-state index contributed by atoms with van der Waals surface area (Å²) in [5, 5.41) is 3.95. The van der Waals surface area contributed by atoms with Gasteiger partial charge >= 0.3 is 0 Å². The maximum absolute atomic E-state index is 12.3. The molecule has 6 heteroatoms. The van der Waals surface area contributed by atoms with E-state index < -0.39 is 0 Å². The first-order valence-electron chi connectivity index (χ1n) is 7.76. The number of nitrogens with zero attached hydrogens (tertiary/aromatic N) is 3. The lowest BCUT2D eigenvalue weighted by Crippen LogP contribution is -2.43. The summed E-state index contributed by atoms with van der Waals surface area (Å²) in [6, 6.07) is 0.439. The van der Waals surface area contributed by atoms with Crippen LogP contribution in [0.3, 0.4) is 0 Å². The van der Waals surface area contributed by atoms with Gasteiger partial charge in [0.25, 0.3) is 0 Å². The van der Waals surface area contributed by atoms with E-state index in [0.29, 0.717) is 19.0 Å². The third kappa shape index (κ3) is 3.44. The normalized spacial score (nSPS) is 21.1. The van der Waals surface area contributed by atoms with E-state index in [9.17, 15) is 4.79 Å². The Morgan fingerprint density at radius 2 is 2.19 bits per heavy atom. The molecular formula is C15H23N3O3. The number of carbonyl (C=O) groups is 1.